The first-order chi connectivity index (χ1) is 9.22. The maximum absolute atomic E-state index is 9.79. The average molecular weight is 267 g/mol. The fraction of sp³-hybridized carbons (Fsp3) is 0.875. The van der Waals surface area contributed by atoms with Gasteiger partial charge in [-0.1, -0.05) is 19.3 Å². The van der Waals surface area contributed by atoms with Crippen molar-refractivity contribution in [3.05, 3.63) is 0 Å². The van der Waals surface area contributed by atoms with Crippen LogP contribution >= 0.6 is 0 Å². The number of ether oxygens (including phenoxy) is 1. The SMILES string of the molecule is C#CCCC(O)CNCC1(CCOC)CCCCC1. The van der Waals surface area contributed by atoms with Gasteiger partial charge >= 0.3 is 0 Å². The van der Waals surface area contributed by atoms with E-state index in [4.69, 9.17) is 11.2 Å². The van der Waals surface area contributed by atoms with Gasteiger partial charge in [-0.3, -0.25) is 0 Å². The molecule has 1 aliphatic carbocycles. The van der Waals surface area contributed by atoms with Crippen LogP contribution in [0.1, 0.15) is 51.4 Å². The van der Waals surface area contributed by atoms with E-state index in [1.54, 1.807) is 7.11 Å². The molecule has 2 N–H and O–H groups in total. The summed E-state index contributed by atoms with van der Waals surface area (Å²) in [7, 11) is 1.77. The van der Waals surface area contributed by atoms with Gasteiger partial charge in [0.25, 0.3) is 0 Å². The minimum absolute atomic E-state index is 0.320. The van der Waals surface area contributed by atoms with Gasteiger partial charge in [0.1, 0.15) is 0 Å². The van der Waals surface area contributed by atoms with E-state index < -0.39 is 0 Å². The zero-order valence-electron chi connectivity index (χ0n) is 12.3. The largest absolute Gasteiger partial charge is 0.392 e. The monoisotopic (exact) mass is 267 g/mol. The molecule has 0 spiro atoms. The molecule has 0 saturated heterocycles. The number of rotatable bonds is 9. The summed E-state index contributed by atoms with van der Waals surface area (Å²) < 4.78 is 5.25. The first kappa shape index (κ1) is 16.5. The lowest BCUT2D eigenvalue weighted by Crippen LogP contribution is -2.40. The molecule has 0 aliphatic heterocycles. The van der Waals surface area contributed by atoms with E-state index in [9.17, 15) is 5.11 Å². The van der Waals surface area contributed by atoms with Crippen molar-refractivity contribution < 1.29 is 9.84 Å². The normalized spacial score (nSPS) is 19.8. The van der Waals surface area contributed by atoms with Crippen LogP contribution in [0.5, 0.6) is 0 Å². The molecule has 0 aromatic rings. The highest BCUT2D eigenvalue weighted by Crippen LogP contribution is 2.38. The van der Waals surface area contributed by atoms with E-state index in [2.05, 4.69) is 11.2 Å². The van der Waals surface area contributed by atoms with E-state index in [1.807, 2.05) is 0 Å². The Bertz CT molecular complexity index is 266. The lowest BCUT2D eigenvalue weighted by molar-refractivity contribution is 0.0940. The van der Waals surface area contributed by atoms with Crippen LogP contribution in [0.4, 0.5) is 0 Å². The van der Waals surface area contributed by atoms with Gasteiger partial charge in [0, 0.05) is 33.2 Å². The van der Waals surface area contributed by atoms with E-state index in [0.29, 0.717) is 24.8 Å². The van der Waals surface area contributed by atoms with Crippen LogP contribution in [-0.2, 0) is 4.74 Å². The Morgan fingerprint density at radius 2 is 2.11 bits per heavy atom. The molecule has 110 valence electrons. The molecule has 0 amide bonds. The summed E-state index contributed by atoms with van der Waals surface area (Å²) in [6.07, 6.45) is 13.9. The van der Waals surface area contributed by atoms with Gasteiger partial charge in [-0.05, 0) is 31.1 Å². The van der Waals surface area contributed by atoms with Crippen molar-refractivity contribution in [3.8, 4) is 12.3 Å². The van der Waals surface area contributed by atoms with Gasteiger partial charge in [0.05, 0.1) is 6.10 Å². The first-order valence-electron chi connectivity index (χ1n) is 7.54. The molecule has 1 rings (SSSR count). The quantitative estimate of drug-likeness (QED) is 0.630. The Morgan fingerprint density at radius 3 is 2.74 bits per heavy atom. The second kappa shape index (κ2) is 9.36. The summed E-state index contributed by atoms with van der Waals surface area (Å²) in [5.41, 5.74) is 0.375. The molecular formula is C16H29NO2. The fourth-order valence-corrected chi connectivity index (χ4v) is 2.99. The molecule has 1 aliphatic rings. The van der Waals surface area contributed by atoms with E-state index in [0.717, 1.165) is 19.6 Å². The van der Waals surface area contributed by atoms with Gasteiger partial charge in [0.2, 0.25) is 0 Å². The molecule has 0 aromatic heterocycles. The van der Waals surface area contributed by atoms with Crippen molar-refractivity contribution in [1.29, 1.82) is 0 Å². The third-order valence-electron chi connectivity index (χ3n) is 4.25. The third-order valence-corrected chi connectivity index (χ3v) is 4.25. The Labute approximate surface area is 118 Å². The predicted octanol–water partition coefficient (Wildman–Crippen LogP) is 2.34. The number of nitrogens with one attached hydrogen (secondary N) is 1. The van der Waals surface area contributed by atoms with Crippen molar-refractivity contribution in [2.45, 2.75) is 57.5 Å². The summed E-state index contributed by atoms with van der Waals surface area (Å²) in [5.74, 6) is 2.57. The molecule has 3 nitrogen and oxygen atoms in total. The van der Waals surface area contributed by atoms with Crippen LogP contribution in [0.2, 0.25) is 0 Å². The van der Waals surface area contributed by atoms with Crippen LogP contribution in [0, 0.1) is 17.8 Å². The summed E-state index contributed by atoms with van der Waals surface area (Å²) in [6.45, 7) is 2.47. The Morgan fingerprint density at radius 1 is 1.37 bits per heavy atom. The molecule has 0 heterocycles. The molecule has 0 bridgehead atoms. The molecule has 1 unspecified atom stereocenters. The standard InChI is InChI=1S/C16H29NO2/c1-3-4-8-15(18)13-17-14-16(11-12-19-2)9-6-5-7-10-16/h1,15,17-18H,4-14H2,2H3. The van der Waals surface area contributed by atoms with E-state index in [1.165, 1.54) is 32.1 Å². The highest BCUT2D eigenvalue weighted by atomic mass is 16.5. The van der Waals surface area contributed by atoms with Gasteiger partial charge in [-0.2, -0.15) is 0 Å². The molecule has 1 fully saturated rings. The smallest absolute Gasteiger partial charge is 0.0673 e. The molecule has 1 saturated carbocycles. The summed E-state index contributed by atoms with van der Waals surface area (Å²) >= 11 is 0. The molecule has 0 aromatic carbocycles. The summed E-state index contributed by atoms with van der Waals surface area (Å²) in [6, 6.07) is 0. The van der Waals surface area contributed by atoms with Gasteiger partial charge in [-0.15, -0.1) is 12.3 Å². The second-order valence-electron chi connectivity index (χ2n) is 5.83. The van der Waals surface area contributed by atoms with Gasteiger partial charge < -0.3 is 15.2 Å². The van der Waals surface area contributed by atoms with Crippen LogP contribution < -0.4 is 5.32 Å². The van der Waals surface area contributed by atoms with E-state index >= 15 is 0 Å². The van der Waals surface area contributed by atoms with Crippen LogP contribution in [0.15, 0.2) is 0 Å². The number of aliphatic hydroxyl groups excluding tert-OH is 1. The second-order valence-corrected chi connectivity index (χ2v) is 5.83. The molecular weight excluding hydrogens is 238 g/mol. The Balaban J connectivity index is 2.30. The zero-order valence-corrected chi connectivity index (χ0v) is 12.3. The predicted molar refractivity (Wildman–Crippen MR) is 79.0 cm³/mol. The average Bonchev–Trinajstić information content (AvgIpc) is 2.44. The minimum atomic E-state index is -0.320. The molecule has 0 radical (unpaired) electrons. The molecule has 19 heavy (non-hydrogen) atoms. The Kier molecular flexibility index (Phi) is 8.13. The zero-order chi connectivity index (χ0) is 14.0. The highest BCUT2D eigenvalue weighted by molar-refractivity contribution is 4.86. The van der Waals surface area contributed by atoms with Crippen molar-refractivity contribution >= 4 is 0 Å². The van der Waals surface area contributed by atoms with Crippen LogP contribution in [0.3, 0.4) is 0 Å². The van der Waals surface area contributed by atoms with Crippen molar-refractivity contribution in [1.82, 2.24) is 5.32 Å². The number of methoxy groups -OCH3 is 1. The lowest BCUT2D eigenvalue weighted by Gasteiger charge is -2.38. The molecule has 3 heteroatoms. The fourth-order valence-electron chi connectivity index (χ4n) is 2.99. The van der Waals surface area contributed by atoms with Crippen LogP contribution in [0.25, 0.3) is 0 Å². The minimum Gasteiger partial charge on any atom is -0.392 e. The molecule has 1 atom stereocenters. The topological polar surface area (TPSA) is 41.5 Å². The maximum Gasteiger partial charge on any atom is 0.0673 e. The number of hydrogen-bond donors (Lipinski definition) is 2. The van der Waals surface area contributed by atoms with Gasteiger partial charge in [0.15, 0.2) is 0 Å². The first-order valence-corrected chi connectivity index (χ1v) is 7.54. The van der Waals surface area contributed by atoms with E-state index in [-0.39, 0.29) is 6.10 Å². The van der Waals surface area contributed by atoms with Crippen molar-refractivity contribution in [2.24, 2.45) is 5.41 Å². The van der Waals surface area contributed by atoms with Crippen LogP contribution in [-0.4, -0.2) is 38.0 Å². The third kappa shape index (κ3) is 6.42. The van der Waals surface area contributed by atoms with Crippen molar-refractivity contribution in [3.63, 3.8) is 0 Å². The van der Waals surface area contributed by atoms with Gasteiger partial charge in [-0.25, -0.2) is 0 Å². The summed E-state index contributed by atoms with van der Waals surface area (Å²) in [5, 5.41) is 13.2. The lowest BCUT2D eigenvalue weighted by atomic mass is 9.72. The number of terminal acetylenes is 1. The Hall–Kier alpha value is -0.560. The highest BCUT2D eigenvalue weighted by Gasteiger charge is 2.31. The number of hydrogen-bond acceptors (Lipinski definition) is 3. The van der Waals surface area contributed by atoms with Crippen molar-refractivity contribution in [2.75, 3.05) is 26.8 Å². The maximum atomic E-state index is 9.79. The number of aliphatic hydroxyl groups is 1. The summed E-state index contributed by atoms with van der Waals surface area (Å²) in [4.78, 5) is 0.